The molecule has 1 fully saturated rings. The van der Waals surface area contributed by atoms with Crippen LogP contribution in [0.15, 0.2) is 24.3 Å². The maximum Gasteiger partial charge on any atom is 0.120 e. The molecule has 17 heavy (non-hydrogen) atoms. The van der Waals surface area contributed by atoms with Gasteiger partial charge < -0.3 is 14.6 Å². The molecule has 1 aliphatic rings. The third-order valence-corrected chi connectivity index (χ3v) is 4.03. The lowest BCUT2D eigenvalue weighted by Crippen LogP contribution is -2.57. The fourth-order valence-corrected chi connectivity index (χ4v) is 2.26. The van der Waals surface area contributed by atoms with Crippen LogP contribution < -0.4 is 9.47 Å². The normalized spacial score (nSPS) is 31.8. The molecule has 1 N–H and O–H groups in total. The second-order valence-corrected chi connectivity index (χ2v) is 4.89. The first-order valence-electron chi connectivity index (χ1n) is 6.09. The number of methoxy groups -OCH3 is 1. The smallest absolute Gasteiger partial charge is 0.120 e. The zero-order valence-corrected chi connectivity index (χ0v) is 10.6. The van der Waals surface area contributed by atoms with Crippen molar-refractivity contribution in [2.24, 2.45) is 5.41 Å². The van der Waals surface area contributed by atoms with E-state index >= 15 is 0 Å². The average Bonchev–Trinajstić information content (AvgIpc) is 2.38. The minimum absolute atomic E-state index is 0.107. The van der Waals surface area contributed by atoms with Gasteiger partial charge >= 0.3 is 0 Å². The van der Waals surface area contributed by atoms with Crippen LogP contribution >= 0.6 is 0 Å². The number of ether oxygens (including phenoxy) is 2. The van der Waals surface area contributed by atoms with E-state index in [1.165, 1.54) is 0 Å². The molecule has 3 heteroatoms. The van der Waals surface area contributed by atoms with Crippen molar-refractivity contribution < 1.29 is 14.6 Å². The summed E-state index contributed by atoms with van der Waals surface area (Å²) >= 11 is 0. The van der Waals surface area contributed by atoms with E-state index < -0.39 is 0 Å². The van der Waals surface area contributed by atoms with Gasteiger partial charge in [-0.2, -0.15) is 0 Å². The third-order valence-electron chi connectivity index (χ3n) is 4.03. The highest BCUT2D eigenvalue weighted by atomic mass is 16.5. The highest BCUT2D eigenvalue weighted by Gasteiger charge is 2.51. The van der Waals surface area contributed by atoms with Gasteiger partial charge in [0.05, 0.1) is 13.2 Å². The van der Waals surface area contributed by atoms with Crippen LogP contribution in [-0.4, -0.2) is 24.4 Å². The van der Waals surface area contributed by atoms with Crippen LogP contribution in [0.25, 0.3) is 0 Å². The molecule has 94 valence electrons. The molecule has 0 aliphatic heterocycles. The van der Waals surface area contributed by atoms with Crippen LogP contribution in [-0.2, 0) is 0 Å². The summed E-state index contributed by atoms with van der Waals surface area (Å²) in [6.07, 6.45) is 1.51. The van der Waals surface area contributed by atoms with Crippen LogP contribution in [0.1, 0.15) is 26.7 Å². The summed E-state index contributed by atoms with van der Waals surface area (Å²) in [4.78, 5) is 0. The fraction of sp³-hybridized carbons (Fsp3) is 0.571. The van der Waals surface area contributed by atoms with Gasteiger partial charge in [-0.15, -0.1) is 0 Å². The first-order valence-corrected chi connectivity index (χ1v) is 6.09. The van der Waals surface area contributed by atoms with E-state index in [0.29, 0.717) is 0 Å². The fourth-order valence-electron chi connectivity index (χ4n) is 2.26. The van der Waals surface area contributed by atoms with Gasteiger partial charge in [0.15, 0.2) is 0 Å². The molecule has 1 saturated carbocycles. The van der Waals surface area contributed by atoms with Crippen molar-refractivity contribution in [2.45, 2.75) is 38.9 Å². The average molecular weight is 236 g/mol. The molecule has 1 aromatic carbocycles. The van der Waals surface area contributed by atoms with Gasteiger partial charge in [-0.1, -0.05) is 13.8 Å². The molecule has 0 heterocycles. The lowest BCUT2D eigenvalue weighted by molar-refractivity contribution is -0.147. The van der Waals surface area contributed by atoms with E-state index in [9.17, 15) is 5.11 Å². The summed E-state index contributed by atoms with van der Waals surface area (Å²) in [6, 6.07) is 7.57. The standard InChI is InChI=1S/C14H20O3/c1-4-14(2)12(15)9-13(14)17-11-7-5-10(16-3)6-8-11/h5-8,12-13,15H,4,9H2,1-3H3. The van der Waals surface area contributed by atoms with Crippen molar-refractivity contribution >= 4 is 0 Å². The Labute approximate surface area is 102 Å². The van der Waals surface area contributed by atoms with Crippen molar-refractivity contribution in [3.05, 3.63) is 24.3 Å². The Hall–Kier alpha value is -1.22. The first kappa shape index (κ1) is 12.2. The largest absolute Gasteiger partial charge is 0.497 e. The molecule has 3 nitrogen and oxygen atoms in total. The number of aliphatic hydroxyl groups is 1. The minimum Gasteiger partial charge on any atom is -0.497 e. The molecule has 0 amide bonds. The predicted molar refractivity (Wildman–Crippen MR) is 66.4 cm³/mol. The highest BCUT2D eigenvalue weighted by Crippen LogP contribution is 2.45. The molecule has 3 atom stereocenters. The summed E-state index contributed by atoms with van der Waals surface area (Å²) in [7, 11) is 1.65. The van der Waals surface area contributed by atoms with E-state index in [0.717, 1.165) is 24.3 Å². The van der Waals surface area contributed by atoms with E-state index in [-0.39, 0.29) is 17.6 Å². The molecule has 1 aliphatic carbocycles. The van der Waals surface area contributed by atoms with E-state index in [4.69, 9.17) is 9.47 Å². The molecule has 0 saturated heterocycles. The zero-order valence-electron chi connectivity index (χ0n) is 10.6. The minimum atomic E-state index is -0.240. The first-order chi connectivity index (χ1) is 8.10. The summed E-state index contributed by atoms with van der Waals surface area (Å²) in [5.41, 5.74) is -0.111. The molecular formula is C14H20O3. The third kappa shape index (κ3) is 2.12. The van der Waals surface area contributed by atoms with Gasteiger partial charge in [-0.25, -0.2) is 0 Å². The Morgan fingerprint density at radius 2 is 1.88 bits per heavy atom. The number of benzene rings is 1. The molecule has 3 unspecified atom stereocenters. The second kappa shape index (κ2) is 4.57. The van der Waals surface area contributed by atoms with Gasteiger partial charge in [0.25, 0.3) is 0 Å². The van der Waals surface area contributed by atoms with Crippen LogP contribution in [0.2, 0.25) is 0 Å². The molecule has 0 spiro atoms. The Morgan fingerprint density at radius 3 is 2.35 bits per heavy atom. The van der Waals surface area contributed by atoms with Crippen LogP contribution in [0.4, 0.5) is 0 Å². The predicted octanol–water partition coefficient (Wildman–Crippen LogP) is 2.62. The maximum atomic E-state index is 9.80. The van der Waals surface area contributed by atoms with Crippen LogP contribution in [0, 0.1) is 5.41 Å². The second-order valence-electron chi connectivity index (χ2n) is 4.89. The summed E-state index contributed by atoms with van der Waals surface area (Å²) < 4.78 is 11.0. The highest BCUT2D eigenvalue weighted by molar-refractivity contribution is 5.31. The summed E-state index contributed by atoms with van der Waals surface area (Å²) in [5, 5.41) is 9.80. The summed E-state index contributed by atoms with van der Waals surface area (Å²) in [5.74, 6) is 1.66. The van der Waals surface area contributed by atoms with Gasteiger partial charge in [0, 0.05) is 11.8 Å². The number of aliphatic hydroxyl groups excluding tert-OH is 1. The van der Waals surface area contributed by atoms with Crippen LogP contribution in [0.3, 0.4) is 0 Å². The van der Waals surface area contributed by atoms with Gasteiger partial charge in [-0.05, 0) is 30.7 Å². The molecule has 0 aromatic heterocycles. The Morgan fingerprint density at radius 1 is 1.29 bits per heavy atom. The maximum absolute atomic E-state index is 9.80. The number of hydrogen-bond acceptors (Lipinski definition) is 3. The lowest BCUT2D eigenvalue weighted by atomic mass is 9.63. The Bertz CT molecular complexity index is 374. The molecule has 1 aromatic rings. The van der Waals surface area contributed by atoms with Gasteiger partial charge in [0.2, 0.25) is 0 Å². The van der Waals surface area contributed by atoms with Gasteiger partial charge in [0.1, 0.15) is 17.6 Å². The Kier molecular flexibility index (Phi) is 3.29. The van der Waals surface area contributed by atoms with E-state index in [2.05, 4.69) is 13.8 Å². The molecule has 0 bridgehead atoms. The van der Waals surface area contributed by atoms with Crippen molar-refractivity contribution in [2.75, 3.05) is 7.11 Å². The molecule has 0 radical (unpaired) electrons. The van der Waals surface area contributed by atoms with Crippen molar-refractivity contribution in [3.8, 4) is 11.5 Å². The van der Waals surface area contributed by atoms with Crippen molar-refractivity contribution in [1.82, 2.24) is 0 Å². The number of rotatable bonds is 4. The zero-order chi connectivity index (χ0) is 12.5. The SMILES string of the molecule is CCC1(C)C(O)CC1Oc1ccc(OC)cc1. The quantitative estimate of drug-likeness (QED) is 0.873. The summed E-state index contributed by atoms with van der Waals surface area (Å²) in [6.45, 7) is 4.17. The molecular weight excluding hydrogens is 216 g/mol. The van der Waals surface area contributed by atoms with Crippen molar-refractivity contribution in [3.63, 3.8) is 0 Å². The number of hydrogen-bond donors (Lipinski definition) is 1. The molecule has 2 rings (SSSR count). The van der Waals surface area contributed by atoms with Crippen molar-refractivity contribution in [1.29, 1.82) is 0 Å². The van der Waals surface area contributed by atoms with E-state index in [1.807, 2.05) is 24.3 Å². The topological polar surface area (TPSA) is 38.7 Å². The van der Waals surface area contributed by atoms with Gasteiger partial charge in [-0.3, -0.25) is 0 Å². The lowest BCUT2D eigenvalue weighted by Gasteiger charge is -2.50. The Balaban J connectivity index is 2.02. The monoisotopic (exact) mass is 236 g/mol. The van der Waals surface area contributed by atoms with Crippen LogP contribution in [0.5, 0.6) is 11.5 Å². The van der Waals surface area contributed by atoms with E-state index in [1.54, 1.807) is 7.11 Å².